The molecule has 0 unspecified atom stereocenters. The van der Waals surface area contributed by atoms with Gasteiger partial charge in [-0.05, 0) is 18.6 Å². The van der Waals surface area contributed by atoms with E-state index in [-0.39, 0.29) is 6.04 Å². The zero-order valence-corrected chi connectivity index (χ0v) is 11.7. The maximum Gasteiger partial charge on any atom is 0.148 e. The summed E-state index contributed by atoms with van der Waals surface area (Å²) in [6.45, 7) is 3.20. The summed E-state index contributed by atoms with van der Waals surface area (Å²) < 4.78 is 5.55. The van der Waals surface area contributed by atoms with Gasteiger partial charge in [0.1, 0.15) is 12.4 Å². The Hall–Kier alpha value is -2.24. The molecule has 102 valence electrons. The van der Waals surface area contributed by atoms with Crippen molar-refractivity contribution in [1.29, 1.82) is 0 Å². The van der Waals surface area contributed by atoms with Crippen LogP contribution in [0.1, 0.15) is 24.1 Å². The summed E-state index contributed by atoms with van der Waals surface area (Å²) in [4.78, 5) is 0. The lowest BCUT2D eigenvalue weighted by atomic mass is 10.1. The minimum atomic E-state index is 0.289. The number of terminal acetylenes is 1. The Morgan fingerprint density at radius 2 is 1.80 bits per heavy atom. The number of benzene rings is 2. The number of nitrogens with one attached hydrogen (secondary N) is 1. The molecule has 0 aromatic heterocycles. The Bertz CT molecular complexity index is 571. The third-order valence-corrected chi connectivity index (χ3v) is 3.18. The van der Waals surface area contributed by atoms with Crippen LogP contribution in [0.15, 0.2) is 54.6 Å². The van der Waals surface area contributed by atoms with Gasteiger partial charge >= 0.3 is 0 Å². The van der Waals surface area contributed by atoms with Crippen molar-refractivity contribution in [2.45, 2.75) is 19.5 Å². The van der Waals surface area contributed by atoms with E-state index in [4.69, 9.17) is 11.2 Å². The van der Waals surface area contributed by atoms with Crippen molar-refractivity contribution in [3.8, 4) is 18.1 Å². The van der Waals surface area contributed by atoms with Gasteiger partial charge in [0.15, 0.2) is 0 Å². The smallest absolute Gasteiger partial charge is 0.148 e. The molecular formula is C18H19NO. The first-order valence-corrected chi connectivity index (χ1v) is 6.73. The van der Waals surface area contributed by atoms with Crippen molar-refractivity contribution in [2.24, 2.45) is 0 Å². The van der Waals surface area contributed by atoms with Gasteiger partial charge in [0, 0.05) is 18.2 Å². The van der Waals surface area contributed by atoms with Crippen molar-refractivity contribution in [1.82, 2.24) is 5.32 Å². The van der Waals surface area contributed by atoms with Crippen LogP contribution in [0.5, 0.6) is 5.75 Å². The van der Waals surface area contributed by atoms with E-state index in [0.29, 0.717) is 6.61 Å². The Balaban J connectivity index is 1.99. The van der Waals surface area contributed by atoms with Crippen molar-refractivity contribution in [2.75, 3.05) is 6.61 Å². The predicted molar refractivity (Wildman–Crippen MR) is 82.5 cm³/mol. The van der Waals surface area contributed by atoms with Crippen LogP contribution in [-0.2, 0) is 6.54 Å². The number of para-hydroxylation sites is 1. The molecule has 2 aromatic carbocycles. The highest BCUT2D eigenvalue weighted by Gasteiger charge is 2.06. The standard InChI is InChI=1S/C18H19NO/c1-3-13-20-18-12-8-7-11-17(18)14-19-15(2)16-9-5-4-6-10-16/h1,4-12,15,19H,13-14H2,2H3/t15-/m0/s1. The fourth-order valence-corrected chi connectivity index (χ4v) is 2.03. The van der Waals surface area contributed by atoms with Crippen molar-refractivity contribution in [3.63, 3.8) is 0 Å². The average molecular weight is 265 g/mol. The largest absolute Gasteiger partial charge is 0.481 e. The van der Waals surface area contributed by atoms with Gasteiger partial charge in [0.25, 0.3) is 0 Å². The maximum atomic E-state index is 5.55. The Labute approximate surface area is 120 Å². The molecule has 0 aliphatic heterocycles. The molecule has 0 saturated heterocycles. The highest BCUT2D eigenvalue weighted by atomic mass is 16.5. The zero-order valence-electron chi connectivity index (χ0n) is 11.7. The van der Waals surface area contributed by atoms with Gasteiger partial charge in [-0.1, -0.05) is 54.5 Å². The normalized spacial score (nSPS) is 11.6. The number of ether oxygens (including phenoxy) is 1. The summed E-state index contributed by atoms with van der Waals surface area (Å²) in [6, 6.07) is 18.6. The lowest BCUT2D eigenvalue weighted by molar-refractivity contribution is 0.364. The van der Waals surface area contributed by atoms with Gasteiger partial charge in [-0.25, -0.2) is 0 Å². The molecule has 2 rings (SSSR count). The maximum absolute atomic E-state index is 5.55. The Morgan fingerprint density at radius 1 is 1.10 bits per heavy atom. The highest BCUT2D eigenvalue weighted by Crippen LogP contribution is 2.19. The van der Waals surface area contributed by atoms with E-state index < -0.39 is 0 Å². The summed E-state index contributed by atoms with van der Waals surface area (Å²) in [5.41, 5.74) is 2.39. The lowest BCUT2D eigenvalue weighted by Gasteiger charge is -2.16. The molecule has 0 amide bonds. The quantitative estimate of drug-likeness (QED) is 0.806. The van der Waals surface area contributed by atoms with Gasteiger partial charge in [-0.15, -0.1) is 6.42 Å². The molecule has 2 aromatic rings. The lowest BCUT2D eigenvalue weighted by Crippen LogP contribution is -2.18. The molecule has 0 fully saturated rings. The van der Waals surface area contributed by atoms with E-state index in [0.717, 1.165) is 17.9 Å². The first-order valence-electron chi connectivity index (χ1n) is 6.73. The van der Waals surface area contributed by atoms with Crippen molar-refractivity contribution in [3.05, 3.63) is 65.7 Å². The van der Waals surface area contributed by atoms with E-state index in [1.54, 1.807) is 0 Å². The van der Waals surface area contributed by atoms with Crippen molar-refractivity contribution < 1.29 is 4.74 Å². The van der Waals surface area contributed by atoms with Crippen molar-refractivity contribution >= 4 is 0 Å². The van der Waals surface area contributed by atoms with E-state index in [1.165, 1.54) is 5.56 Å². The second-order valence-corrected chi connectivity index (χ2v) is 4.61. The molecule has 1 N–H and O–H groups in total. The Morgan fingerprint density at radius 3 is 2.55 bits per heavy atom. The summed E-state index contributed by atoms with van der Waals surface area (Å²) in [5, 5.41) is 3.50. The molecule has 1 atom stereocenters. The SMILES string of the molecule is C#CCOc1ccccc1CN[C@@H](C)c1ccccc1. The number of rotatable bonds is 6. The van der Waals surface area contributed by atoms with E-state index in [2.05, 4.69) is 48.5 Å². The number of hydrogen-bond acceptors (Lipinski definition) is 2. The summed E-state index contributed by atoms with van der Waals surface area (Å²) in [7, 11) is 0. The summed E-state index contributed by atoms with van der Waals surface area (Å²) in [6.07, 6.45) is 5.23. The van der Waals surface area contributed by atoms with Crippen LogP contribution in [0.2, 0.25) is 0 Å². The molecular weight excluding hydrogens is 246 g/mol. The second-order valence-electron chi connectivity index (χ2n) is 4.61. The topological polar surface area (TPSA) is 21.3 Å². The van der Waals surface area contributed by atoms with E-state index >= 15 is 0 Å². The van der Waals surface area contributed by atoms with Gasteiger partial charge in [-0.2, -0.15) is 0 Å². The predicted octanol–water partition coefficient (Wildman–Crippen LogP) is 3.55. The monoisotopic (exact) mass is 265 g/mol. The molecule has 0 saturated carbocycles. The fraction of sp³-hybridized carbons (Fsp3) is 0.222. The van der Waals surface area contributed by atoms with Gasteiger partial charge in [-0.3, -0.25) is 0 Å². The van der Waals surface area contributed by atoms with Crippen LogP contribution in [0.3, 0.4) is 0 Å². The molecule has 2 nitrogen and oxygen atoms in total. The first-order chi connectivity index (χ1) is 9.81. The van der Waals surface area contributed by atoms with E-state index in [1.807, 2.05) is 24.3 Å². The first kappa shape index (κ1) is 14.2. The highest BCUT2D eigenvalue weighted by molar-refractivity contribution is 5.33. The van der Waals surface area contributed by atoms with Crippen LogP contribution in [-0.4, -0.2) is 6.61 Å². The van der Waals surface area contributed by atoms with Gasteiger partial charge < -0.3 is 10.1 Å². The van der Waals surface area contributed by atoms with Gasteiger partial charge in [0.05, 0.1) is 0 Å². The molecule has 2 heteroatoms. The van der Waals surface area contributed by atoms with Crippen LogP contribution in [0.25, 0.3) is 0 Å². The molecule has 0 radical (unpaired) electrons. The fourth-order valence-electron chi connectivity index (χ4n) is 2.03. The molecule has 0 bridgehead atoms. The molecule has 0 aliphatic carbocycles. The van der Waals surface area contributed by atoms with Gasteiger partial charge in [0.2, 0.25) is 0 Å². The molecule has 20 heavy (non-hydrogen) atoms. The molecule has 0 heterocycles. The van der Waals surface area contributed by atoms with E-state index in [9.17, 15) is 0 Å². The zero-order chi connectivity index (χ0) is 14.2. The van der Waals surface area contributed by atoms with Crippen LogP contribution < -0.4 is 10.1 Å². The summed E-state index contributed by atoms with van der Waals surface area (Å²) >= 11 is 0. The number of hydrogen-bond donors (Lipinski definition) is 1. The average Bonchev–Trinajstić information content (AvgIpc) is 2.52. The van der Waals surface area contributed by atoms with Crippen LogP contribution in [0.4, 0.5) is 0 Å². The third kappa shape index (κ3) is 3.88. The minimum absolute atomic E-state index is 0.289. The molecule has 0 aliphatic rings. The minimum Gasteiger partial charge on any atom is -0.481 e. The Kier molecular flexibility index (Phi) is 5.23. The van der Waals surface area contributed by atoms with Crippen LogP contribution in [0, 0.1) is 12.3 Å². The second kappa shape index (κ2) is 7.37. The molecule has 0 spiro atoms. The summed E-state index contributed by atoms with van der Waals surface area (Å²) in [5.74, 6) is 3.34. The van der Waals surface area contributed by atoms with Crippen LogP contribution >= 0.6 is 0 Å². The third-order valence-electron chi connectivity index (χ3n) is 3.18.